The Balaban J connectivity index is 1.73. The number of carbonyl (C=O) groups excluding carboxylic acids is 1. The Morgan fingerprint density at radius 2 is 1.96 bits per heavy atom. The molecule has 0 radical (unpaired) electrons. The molecule has 1 amide bonds. The molecule has 0 aromatic rings. The van der Waals surface area contributed by atoms with Crippen LogP contribution in [0.3, 0.4) is 0 Å². The second kappa shape index (κ2) is 7.96. The Bertz CT molecular complexity index is 686. The summed E-state index contributed by atoms with van der Waals surface area (Å²) in [5.74, 6) is -1.56. The topological polar surface area (TPSA) is 85.3 Å². The van der Waals surface area contributed by atoms with Crippen molar-refractivity contribution in [2.24, 2.45) is 5.92 Å². The first-order chi connectivity index (χ1) is 12.9. The Hall–Kier alpha value is -0.523. The van der Waals surface area contributed by atoms with Crippen LogP contribution in [0.2, 0.25) is 18.1 Å². The molecule has 0 aliphatic carbocycles. The van der Waals surface area contributed by atoms with Gasteiger partial charge in [-0.05, 0) is 25.1 Å². The van der Waals surface area contributed by atoms with Crippen molar-refractivity contribution in [3.05, 3.63) is 9.93 Å². The molecule has 2 fully saturated rings. The van der Waals surface area contributed by atoms with E-state index in [0.717, 1.165) is 0 Å². The summed E-state index contributed by atoms with van der Waals surface area (Å²) >= 11 is 2.89. The minimum Gasteiger partial charge on any atom is -0.477 e. The van der Waals surface area contributed by atoms with Gasteiger partial charge in [-0.2, -0.15) is 0 Å². The van der Waals surface area contributed by atoms with E-state index in [9.17, 15) is 14.7 Å². The van der Waals surface area contributed by atoms with E-state index in [-0.39, 0.29) is 46.1 Å². The normalized spacial score (nSPS) is 27.6. The molecule has 3 aliphatic heterocycles. The van der Waals surface area contributed by atoms with Crippen molar-refractivity contribution in [1.82, 2.24) is 4.90 Å². The van der Waals surface area contributed by atoms with E-state index in [2.05, 4.69) is 33.9 Å². The maximum Gasteiger partial charge on any atom is 0.354 e. The van der Waals surface area contributed by atoms with Crippen LogP contribution in [-0.2, 0) is 23.5 Å². The quantitative estimate of drug-likeness (QED) is 0.490. The molecule has 0 saturated carbocycles. The van der Waals surface area contributed by atoms with Crippen LogP contribution >= 0.6 is 23.5 Å². The fourth-order valence-corrected chi connectivity index (χ4v) is 7.82. The number of rotatable bonds is 6. The van der Waals surface area contributed by atoms with Gasteiger partial charge in [-0.15, -0.1) is 11.8 Å². The number of aliphatic carboxylic acids is 1. The highest BCUT2D eigenvalue weighted by Crippen LogP contribution is 2.55. The Morgan fingerprint density at radius 3 is 2.50 bits per heavy atom. The highest BCUT2D eigenvalue weighted by Gasteiger charge is 2.59. The SMILES string of the molecule is C[C@@H](O[Si](C)(C)C(C)(C)C)[C@H]1C(=O)N2C(C(=O)O)=C(SC3COCOC3)S[C@H]12. The lowest BCUT2D eigenvalue weighted by atomic mass is 9.92. The van der Waals surface area contributed by atoms with Gasteiger partial charge in [0.2, 0.25) is 5.91 Å². The predicted molar refractivity (Wildman–Crippen MR) is 112 cm³/mol. The number of carboxylic acids is 1. The summed E-state index contributed by atoms with van der Waals surface area (Å²) in [5.41, 5.74) is 0.0892. The smallest absolute Gasteiger partial charge is 0.354 e. The molecule has 0 spiro atoms. The molecule has 1 N–H and O–H groups in total. The molecule has 3 rings (SSSR count). The summed E-state index contributed by atoms with van der Waals surface area (Å²) in [6.07, 6.45) is -0.247. The van der Waals surface area contributed by atoms with Crippen molar-refractivity contribution in [2.45, 2.75) is 62.6 Å². The zero-order chi connectivity index (χ0) is 20.9. The van der Waals surface area contributed by atoms with Crippen molar-refractivity contribution in [3.63, 3.8) is 0 Å². The second-order valence-corrected chi connectivity index (χ2v) is 16.3. The van der Waals surface area contributed by atoms with Gasteiger partial charge in [0.15, 0.2) is 14.0 Å². The number of hydrogen-bond donors (Lipinski definition) is 1. The first kappa shape index (κ1) is 22.2. The van der Waals surface area contributed by atoms with E-state index < -0.39 is 14.3 Å². The number of thioether (sulfide) groups is 2. The van der Waals surface area contributed by atoms with Gasteiger partial charge < -0.3 is 19.0 Å². The van der Waals surface area contributed by atoms with Crippen molar-refractivity contribution in [2.75, 3.05) is 20.0 Å². The van der Waals surface area contributed by atoms with E-state index in [4.69, 9.17) is 13.9 Å². The number of carbonyl (C=O) groups is 2. The van der Waals surface area contributed by atoms with E-state index in [1.807, 2.05) is 6.92 Å². The lowest BCUT2D eigenvalue weighted by Crippen LogP contribution is -2.62. The molecule has 158 valence electrons. The monoisotopic (exact) mass is 447 g/mol. The maximum atomic E-state index is 12.9. The number of fused-ring (bicyclic) bond motifs is 1. The van der Waals surface area contributed by atoms with Crippen molar-refractivity contribution in [3.8, 4) is 0 Å². The number of hydrogen-bond acceptors (Lipinski definition) is 7. The lowest BCUT2D eigenvalue weighted by Gasteiger charge is -2.48. The number of amides is 1. The number of ether oxygens (including phenoxy) is 2. The van der Waals surface area contributed by atoms with Gasteiger partial charge in [0, 0.05) is 0 Å². The summed E-state index contributed by atoms with van der Waals surface area (Å²) in [6, 6.07) is 0. The molecular weight excluding hydrogens is 418 g/mol. The molecule has 3 atom stereocenters. The number of β-lactam (4-membered cyclic amide) rings is 1. The van der Waals surface area contributed by atoms with Crippen LogP contribution in [0.15, 0.2) is 9.93 Å². The van der Waals surface area contributed by atoms with Gasteiger partial charge in [0.05, 0.1) is 34.7 Å². The zero-order valence-corrected chi connectivity index (χ0v) is 19.8. The van der Waals surface area contributed by atoms with Gasteiger partial charge in [0.25, 0.3) is 0 Å². The first-order valence-electron chi connectivity index (χ1n) is 9.41. The fraction of sp³-hybridized carbons (Fsp3) is 0.778. The largest absolute Gasteiger partial charge is 0.477 e. The summed E-state index contributed by atoms with van der Waals surface area (Å²) < 4.78 is 17.7. The summed E-state index contributed by atoms with van der Waals surface area (Å²) in [7, 11) is -2.03. The van der Waals surface area contributed by atoms with E-state index in [1.54, 1.807) is 0 Å². The maximum absolute atomic E-state index is 12.9. The van der Waals surface area contributed by atoms with E-state index >= 15 is 0 Å². The first-order valence-corrected chi connectivity index (χ1v) is 14.1. The van der Waals surface area contributed by atoms with Crippen LogP contribution < -0.4 is 0 Å². The fourth-order valence-electron chi connectivity index (χ4n) is 3.22. The standard InChI is InChI=1S/C18H29NO6S2Si/c1-10(25-28(5,6)18(2,3)4)12-14(20)19-13(16(21)22)17(27-15(12)19)26-11-7-23-9-24-8-11/h10-12,15H,7-9H2,1-6H3,(H,21,22)/t10-,12+,15-/m1/s1. The molecule has 0 aromatic heterocycles. The molecule has 0 bridgehead atoms. The molecule has 0 aromatic carbocycles. The van der Waals surface area contributed by atoms with Crippen LogP contribution in [0.25, 0.3) is 0 Å². The van der Waals surface area contributed by atoms with Gasteiger partial charge in [0.1, 0.15) is 12.2 Å². The molecule has 3 heterocycles. The van der Waals surface area contributed by atoms with Gasteiger partial charge >= 0.3 is 5.97 Å². The average Bonchev–Trinajstić information content (AvgIpc) is 2.88. The van der Waals surface area contributed by atoms with Gasteiger partial charge in [-0.25, -0.2) is 4.79 Å². The third kappa shape index (κ3) is 4.04. The summed E-state index contributed by atoms with van der Waals surface area (Å²) in [4.78, 5) is 26.2. The molecule has 2 saturated heterocycles. The van der Waals surface area contributed by atoms with Gasteiger partial charge in [-0.3, -0.25) is 9.69 Å². The molecule has 28 heavy (non-hydrogen) atoms. The summed E-state index contributed by atoms with van der Waals surface area (Å²) in [6.45, 7) is 14.1. The van der Waals surface area contributed by atoms with E-state index in [0.29, 0.717) is 17.5 Å². The van der Waals surface area contributed by atoms with Crippen LogP contribution in [0.5, 0.6) is 0 Å². The molecule has 10 heteroatoms. The van der Waals surface area contributed by atoms with Gasteiger partial charge in [-0.1, -0.05) is 32.5 Å². The highest BCUT2D eigenvalue weighted by molar-refractivity contribution is 8.23. The third-order valence-corrected chi connectivity index (χ3v) is 13.1. The minimum atomic E-state index is -2.03. The van der Waals surface area contributed by atoms with Crippen molar-refractivity contribution >= 4 is 43.7 Å². The van der Waals surface area contributed by atoms with Crippen molar-refractivity contribution in [1.29, 1.82) is 0 Å². The van der Waals surface area contributed by atoms with Crippen LogP contribution in [-0.4, -0.2) is 66.9 Å². The zero-order valence-electron chi connectivity index (χ0n) is 17.2. The Morgan fingerprint density at radius 1 is 1.36 bits per heavy atom. The predicted octanol–water partition coefficient (Wildman–Crippen LogP) is 3.29. The van der Waals surface area contributed by atoms with Crippen molar-refractivity contribution < 1.29 is 28.6 Å². The molecule has 3 aliphatic rings. The molecular formula is C18H29NO6S2Si. The average molecular weight is 448 g/mol. The molecule has 7 nitrogen and oxygen atoms in total. The van der Waals surface area contributed by atoms with Crippen LogP contribution in [0, 0.1) is 5.92 Å². The molecule has 0 unspecified atom stereocenters. The highest BCUT2D eigenvalue weighted by atomic mass is 32.2. The van der Waals surface area contributed by atoms with Crippen LogP contribution in [0.1, 0.15) is 27.7 Å². The summed E-state index contributed by atoms with van der Waals surface area (Å²) in [5, 5.41) is 9.56. The third-order valence-electron chi connectivity index (χ3n) is 5.79. The lowest BCUT2D eigenvalue weighted by molar-refractivity contribution is -0.156. The van der Waals surface area contributed by atoms with Crippen LogP contribution in [0.4, 0.5) is 0 Å². The van der Waals surface area contributed by atoms with E-state index in [1.165, 1.54) is 28.4 Å². The minimum absolute atomic E-state index is 0.0266. The second-order valence-electron chi connectivity index (χ2n) is 8.87. The number of carboxylic acid groups (broad SMARTS) is 1. The number of nitrogens with zero attached hydrogens (tertiary/aromatic N) is 1. The Labute approximate surface area is 175 Å². The Kier molecular flexibility index (Phi) is 6.30.